The summed E-state index contributed by atoms with van der Waals surface area (Å²) in [6.07, 6.45) is 5.28. The average molecular weight is 384 g/mol. The summed E-state index contributed by atoms with van der Waals surface area (Å²) in [5.41, 5.74) is 3.30. The van der Waals surface area contributed by atoms with E-state index in [1.165, 1.54) is 5.52 Å². The van der Waals surface area contributed by atoms with Crippen molar-refractivity contribution in [1.29, 1.82) is 0 Å². The minimum atomic E-state index is -1.82. The van der Waals surface area contributed by atoms with Crippen molar-refractivity contribution in [2.45, 2.75) is 6.42 Å². The van der Waals surface area contributed by atoms with E-state index in [9.17, 15) is 0 Å². The highest BCUT2D eigenvalue weighted by Crippen LogP contribution is 2.29. The summed E-state index contributed by atoms with van der Waals surface area (Å²) in [5.74, 6) is -2.36. The van der Waals surface area contributed by atoms with Gasteiger partial charge in [-0.25, -0.2) is 9.59 Å². The maximum Gasteiger partial charge on any atom is 0.414 e. The van der Waals surface area contributed by atoms with Crippen LogP contribution in [0.15, 0.2) is 41.1 Å². The maximum atomic E-state index is 9.10. The van der Waals surface area contributed by atoms with Gasteiger partial charge in [0, 0.05) is 48.4 Å². The van der Waals surface area contributed by atoms with Crippen molar-refractivity contribution in [2.75, 3.05) is 20.1 Å². The van der Waals surface area contributed by atoms with Gasteiger partial charge in [0.25, 0.3) is 5.89 Å². The Morgan fingerprint density at radius 2 is 1.86 bits per heavy atom. The molecule has 28 heavy (non-hydrogen) atoms. The van der Waals surface area contributed by atoms with Crippen molar-refractivity contribution >= 4 is 28.4 Å². The molecule has 0 saturated carbocycles. The molecule has 1 aliphatic rings. The molecule has 0 radical (unpaired) electrons. The Kier molecular flexibility index (Phi) is 5.55. The number of benzene rings is 1. The van der Waals surface area contributed by atoms with Crippen LogP contribution in [0.5, 0.6) is 0 Å². The molecule has 2 N–H and O–H groups in total. The van der Waals surface area contributed by atoms with Gasteiger partial charge in [-0.05, 0) is 19.5 Å². The summed E-state index contributed by atoms with van der Waals surface area (Å²) in [4.78, 5) is 25.1. The molecule has 0 spiro atoms. The highest BCUT2D eigenvalue weighted by Gasteiger charge is 2.19. The van der Waals surface area contributed by atoms with Crippen LogP contribution in [0.2, 0.25) is 0 Å². The molecule has 0 bridgehead atoms. The van der Waals surface area contributed by atoms with Crippen molar-refractivity contribution in [1.82, 2.24) is 19.6 Å². The molecule has 0 aliphatic carbocycles. The lowest BCUT2D eigenvalue weighted by Gasteiger charge is -2.20. The second-order valence-corrected chi connectivity index (χ2v) is 6.46. The number of likely N-dealkylation sites (N-methyl/N-ethyl adjacent to an activating group) is 1. The number of aryl methyl sites for hydroxylation is 1. The highest BCUT2D eigenvalue weighted by atomic mass is 16.5. The summed E-state index contributed by atoms with van der Waals surface area (Å²) >= 11 is 0. The van der Waals surface area contributed by atoms with Gasteiger partial charge >= 0.3 is 11.9 Å². The number of carbonyl (C=O) groups is 2. The Morgan fingerprint density at radius 3 is 2.54 bits per heavy atom. The van der Waals surface area contributed by atoms with Crippen molar-refractivity contribution in [3.63, 3.8) is 0 Å². The Hall–Kier alpha value is -3.46. The third-order valence-corrected chi connectivity index (χ3v) is 4.36. The molecule has 4 rings (SSSR count). The lowest BCUT2D eigenvalue weighted by Crippen LogP contribution is -2.25. The van der Waals surface area contributed by atoms with E-state index >= 15 is 0 Å². The topological polar surface area (TPSA) is 122 Å². The number of fused-ring (bicyclic) bond motifs is 1. The smallest absolute Gasteiger partial charge is 0.414 e. The quantitative estimate of drug-likeness (QED) is 0.644. The van der Waals surface area contributed by atoms with E-state index in [2.05, 4.69) is 51.1 Å². The van der Waals surface area contributed by atoms with Crippen molar-refractivity contribution in [2.24, 2.45) is 7.05 Å². The Labute approximate surface area is 160 Å². The molecule has 0 unspecified atom stereocenters. The van der Waals surface area contributed by atoms with E-state index in [4.69, 9.17) is 24.3 Å². The molecule has 0 amide bonds. The predicted molar refractivity (Wildman–Crippen MR) is 102 cm³/mol. The molecule has 3 heterocycles. The molecular weight excluding hydrogens is 364 g/mol. The minimum absolute atomic E-state index is 0.634. The maximum absolute atomic E-state index is 9.10. The lowest BCUT2D eigenvalue weighted by atomic mass is 10.1. The van der Waals surface area contributed by atoms with E-state index in [-0.39, 0.29) is 0 Å². The van der Waals surface area contributed by atoms with Gasteiger partial charge in [-0.2, -0.15) is 4.98 Å². The van der Waals surface area contributed by atoms with E-state index in [0.29, 0.717) is 11.7 Å². The normalized spacial score (nSPS) is 14.3. The first-order chi connectivity index (χ1) is 13.4. The molecule has 0 fully saturated rings. The highest BCUT2D eigenvalue weighted by molar-refractivity contribution is 6.27. The Bertz CT molecular complexity index is 1040. The SMILES string of the molecule is CN1CCC=C(c2nc(-c3cn(C)c4ccccc34)no2)C1.O=C(O)C(=O)O. The zero-order valence-electron chi connectivity index (χ0n) is 15.5. The molecule has 1 aromatic carbocycles. The van der Waals surface area contributed by atoms with Crippen molar-refractivity contribution in [3.8, 4) is 11.4 Å². The van der Waals surface area contributed by atoms with Gasteiger partial charge in [-0.15, -0.1) is 0 Å². The van der Waals surface area contributed by atoms with Crippen LogP contribution in [0.4, 0.5) is 0 Å². The average Bonchev–Trinajstić information content (AvgIpc) is 3.28. The van der Waals surface area contributed by atoms with E-state index in [0.717, 1.165) is 36.0 Å². The first-order valence-electron chi connectivity index (χ1n) is 8.59. The van der Waals surface area contributed by atoms with E-state index < -0.39 is 11.9 Å². The first-order valence-corrected chi connectivity index (χ1v) is 8.59. The van der Waals surface area contributed by atoms with Crippen molar-refractivity contribution in [3.05, 3.63) is 42.4 Å². The number of hydrogen-bond donors (Lipinski definition) is 2. The standard InChI is InChI=1S/C17H18N4O.C2H2O4/c1-20-9-5-6-12(10-20)17-18-16(19-22-17)14-11-21(2)15-8-4-3-7-13(14)15;3-1(4)2(5)6/h3-4,6-8,11H,5,9-10H2,1-2H3;(H,3,4)(H,5,6). The van der Waals surface area contributed by atoms with Crippen LogP contribution >= 0.6 is 0 Å². The van der Waals surface area contributed by atoms with Gasteiger partial charge in [0.1, 0.15) is 0 Å². The zero-order chi connectivity index (χ0) is 20.3. The largest absolute Gasteiger partial charge is 0.473 e. The Morgan fingerprint density at radius 1 is 1.14 bits per heavy atom. The van der Waals surface area contributed by atoms with E-state index in [1.807, 2.05) is 19.2 Å². The van der Waals surface area contributed by atoms with Gasteiger partial charge in [0.2, 0.25) is 5.82 Å². The number of aromatic nitrogens is 3. The van der Waals surface area contributed by atoms with Gasteiger partial charge < -0.3 is 24.2 Å². The number of nitrogens with zero attached hydrogens (tertiary/aromatic N) is 4. The summed E-state index contributed by atoms with van der Waals surface area (Å²) in [6.45, 7) is 1.94. The third kappa shape index (κ3) is 4.09. The summed E-state index contributed by atoms with van der Waals surface area (Å²) in [6, 6.07) is 8.26. The monoisotopic (exact) mass is 384 g/mol. The molecule has 0 atom stereocenters. The Balaban J connectivity index is 0.000000330. The van der Waals surface area contributed by atoms with Crippen LogP contribution in [-0.2, 0) is 16.6 Å². The van der Waals surface area contributed by atoms with E-state index in [1.54, 1.807) is 0 Å². The van der Waals surface area contributed by atoms with Crippen LogP contribution in [0.25, 0.3) is 27.9 Å². The molecule has 0 saturated heterocycles. The molecule has 3 aromatic rings. The fourth-order valence-corrected chi connectivity index (χ4v) is 3.03. The molecule has 2 aromatic heterocycles. The lowest BCUT2D eigenvalue weighted by molar-refractivity contribution is -0.159. The van der Waals surface area contributed by atoms with Gasteiger partial charge in [0.05, 0.1) is 0 Å². The number of aliphatic carboxylic acids is 2. The molecule has 9 heteroatoms. The molecule has 9 nitrogen and oxygen atoms in total. The third-order valence-electron chi connectivity index (χ3n) is 4.36. The van der Waals surface area contributed by atoms with Crippen LogP contribution in [0.1, 0.15) is 12.3 Å². The number of carboxylic acids is 2. The van der Waals surface area contributed by atoms with Gasteiger partial charge in [0.15, 0.2) is 0 Å². The van der Waals surface area contributed by atoms with Gasteiger partial charge in [-0.1, -0.05) is 29.4 Å². The fourth-order valence-electron chi connectivity index (χ4n) is 3.03. The zero-order valence-corrected chi connectivity index (χ0v) is 15.5. The molecular formula is C19H20N4O5. The summed E-state index contributed by atoms with van der Waals surface area (Å²) in [5, 5.41) is 20.1. The number of rotatable bonds is 2. The number of hydrogen-bond acceptors (Lipinski definition) is 6. The van der Waals surface area contributed by atoms with Gasteiger partial charge in [-0.3, -0.25) is 0 Å². The van der Waals surface area contributed by atoms with Crippen LogP contribution in [0, 0.1) is 0 Å². The van der Waals surface area contributed by atoms with Crippen LogP contribution < -0.4 is 0 Å². The summed E-state index contributed by atoms with van der Waals surface area (Å²) < 4.78 is 7.59. The van der Waals surface area contributed by atoms with Crippen LogP contribution in [0.3, 0.4) is 0 Å². The molecule has 1 aliphatic heterocycles. The van der Waals surface area contributed by atoms with Crippen LogP contribution in [-0.4, -0.2) is 61.9 Å². The second-order valence-electron chi connectivity index (χ2n) is 6.46. The second kappa shape index (κ2) is 8.05. The predicted octanol–water partition coefficient (Wildman–Crippen LogP) is 2.10. The van der Waals surface area contributed by atoms with Crippen molar-refractivity contribution < 1.29 is 24.3 Å². The summed E-state index contributed by atoms with van der Waals surface area (Å²) in [7, 11) is 4.14. The fraction of sp³-hybridized carbons (Fsp3) is 0.263. The molecule has 146 valence electrons. The first kappa shape index (κ1) is 19.3. The minimum Gasteiger partial charge on any atom is -0.473 e. The number of para-hydroxylation sites is 1. The number of carboxylic acid groups (broad SMARTS) is 2.